The zero-order valence-corrected chi connectivity index (χ0v) is 19.0. The van der Waals surface area contributed by atoms with Gasteiger partial charge in [-0.15, -0.1) is 11.3 Å². The molecule has 1 amide bonds. The second kappa shape index (κ2) is 9.35. The van der Waals surface area contributed by atoms with Crippen LogP contribution in [0.5, 0.6) is 0 Å². The van der Waals surface area contributed by atoms with E-state index in [-0.39, 0.29) is 16.3 Å². The van der Waals surface area contributed by atoms with Gasteiger partial charge in [0.15, 0.2) is 0 Å². The van der Waals surface area contributed by atoms with Crippen LogP contribution in [-0.2, 0) is 16.6 Å². The predicted octanol–water partition coefficient (Wildman–Crippen LogP) is 3.24. The van der Waals surface area contributed by atoms with E-state index in [1.165, 1.54) is 10.4 Å². The van der Waals surface area contributed by atoms with Crippen molar-refractivity contribution in [2.24, 2.45) is 0 Å². The van der Waals surface area contributed by atoms with Crippen LogP contribution in [0.3, 0.4) is 0 Å². The van der Waals surface area contributed by atoms with Crippen molar-refractivity contribution in [3.8, 4) is 0 Å². The minimum atomic E-state index is -3.78. The van der Waals surface area contributed by atoms with Gasteiger partial charge in [0.25, 0.3) is 5.91 Å². The van der Waals surface area contributed by atoms with E-state index in [1.807, 2.05) is 30.3 Å². The summed E-state index contributed by atoms with van der Waals surface area (Å²) in [6, 6.07) is 14.4. The van der Waals surface area contributed by atoms with E-state index in [1.54, 1.807) is 23.7 Å². The van der Waals surface area contributed by atoms with Crippen molar-refractivity contribution in [2.75, 3.05) is 31.1 Å². The Morgan fingerprint density at radius 2 is 1.90 bits per heavy atom. The number of amides is 1. The molecule has 1 aromatic carbocycles. The zero-order chi connectivity index (χ0) is 21.8. The maximum absolute atomic E-state index is 13.2. The molecular weight excluding hydrogens is 456 g/mol. The highest BCUT2D eigenvalue weighted by Gasteiger charge is 2.32. The fourth-order valence-corrected chi connectivity index (χ4v) is 6.34. The number of anilines is 1. The molecule has 10 heteroatoms. The average Bonchev–Trinajstić information content (AvgIpc) is 3.29. The number of nitrogens with one attached hydrogen (secondary N) is 1. The quantitative estimate of drug-likeness (QED) is 0.590. The summed E-state index contributed by atoms with van der Waals surface area (Å²) in [6.07, 6.45) is 1.64. The molecule has 2 aromatic heterocycles. The Kier molecular flexibility index (Phi) is 6.57. The molecule has 0 atom stereocenters. The maximum atomic E-state index is 13.2. The molecule has 1 aliphatic heterocycles. The fourth-order valence-electron chi connectivity index (χ4n) is 3.42. The van der Waals surface area contributed by atoms with Crippen molar-refractivity contribution in [1.82, 2.24) is 14.6 Å². The third-order valence-corrected chi connectivity index (χ3v) is 8.24. The number of thiophene rings is 1. The van der Waals surface area contributed by atoms with Gasteiger partial charge >= 0.3 is 0 Å². The van der Waals surface area contributed by atoms with Crippen LogP contribution in [0.2, 0.25) is 5.02 Å². The number of pyridine rings is 1. The summed E-state index contributed by atoms with van der Waals surface area (Å²) in [6.45, 7) is 1.99. The Hall–Kier alpha value is -2.46. The normalized spacial score (nSPS) is 15.1. The fraction of sp³-hybridized carbons (Fsp3) is 0.238. The largest absolute Gasteiger partial charge is 0.369 e. The summed E-state index contributed by atoms with van der Waals surface area (Å²) >= 11 is 7.19. The second-order valence-electron chi connectivity index (χ2n) is 6.99. The zero-order valence-electron chi connectivity index (χ0n) is 16.6. The lowest BCUT2D eigenvalue weighted by Crippen LogP contribution is -2.48. The number of sulfonamides is 1. The molecule has 4 rings (SSSR count). The maximum Gasteiger partial charge on any atom is 0.263 e. The van der Waals surface area contributed by atoms with E-state index in [4.69, 9.17) is 11.6 Å². The summed E-state index contributed by atoms with van der Waals surface area (Å²) in [5.41, 5.74) is 1.67. The molecule has 0 bridgehead atoms. The molecule has 3 aromatic rings. The highest BCUT2D eigenvalue weighted by atomic mass is 35.5. The first kappa shape index (κ1) is 21.8. The highest BCUT2D eigenvalue weighted by Crippen LogP contribution is 2.27. The Morgan fingerprint density at radius 3 is 2.61 bits per heavy atom. The molecule has 0 aliphatic carbocycles. The van der Waals surface area contributed by atoms with Crippen LogP contribution in [0.1, 0.15) is 15.4 Å². The van der Waals surface area contributed by atoms with E-state index in [0.717, 1.165) is 17.0 Å². The summed E-state index contributed by atoms with van der Waals surface area (Å²) in [4.78, 5) is 19.2. The van der Waals surface area contributed by atoms with E-state index in [9.17, 15) is 13.2 Å². The molecule has 1 aliphatic rings. The van der Waals surface area contributed by atoms with E-state index in [0.29, 0.717) is 36.9 Å². The third kappa shape index (κ3) is 4.90. The number of benzene rings is 1. The van der Waals surface area contributed by atoms with Gasteiger partial charge in [-0.25, -0.2) is 8.42 Å². The smallest absolute Gasteiger partial charge is 0.263 e. The van der Waals surface area contributed by atoms with E-state index in [2.05, 4.69) is 15.2 Å². The molecule has 0 saturated carbocycles. The monoisotopic (exact) mass is 476 g/mol. The number of hydrogen-bond donors (Lipinski definition) is 1. The van der Waals surface area contributed by atoms with Gasteiger partial charge < -0.3 is 10.2 Å². The number of nitrogens with zero attached hydrogens (tertiary/aromatic N) is 3. The van der Waals surface area contributed by atoms with Crippen LogP contribution < -0.4 is 10.2 Å². The van der Waals surface area contributed by atoms with Gasteiger partial charge in [0.1, 0.15) is 9.77 Å². The molecule has 0 unspecified atom stereocenters. The SMILES string of the molecule is O=C(NCc1ccccn1)c1sccc1S(=O)(=O)N1CCN(c2cccc(Cl)c2)CC1. The molecule has 31 heavy (non-hydrogen) atoms. The topological polar surface area (TPSA) is 82.6 Å². The molecule has 1 fully saturated rings. The summed E-state index contributed by atoms with van der Waals surface area (Å²) < 4.78 is 27.9. The number of carbonyl (C=O) groups is 1. The van der Waals surface area contributed by atoms with Crippen LogP contribution in [-0.4, -0.2) is 49.8 Å². The number of rotatable bonds is 6. The van der Waals surface area contributed by atoms with Crippen LogP contribution in [0.4, 0.5) is 5.69 Å². The lowest BCUT2D eigenvalue weighted by Gasteiger charge is -2.35. The van der Waals surface area contributed by atoms with Crippen molar-refractivity contribution in [3.05, 3.63) is 75.7 Å². The Labute approximate surface area is 190 Å². The summed E-state index contributed by atoms with van der Waals surface area (Å²) in [5, 5.41) is 5.03. The van der Waals surface area contributed by atoms with Crippen molar-refractivity contribution in [2.45, 2.75) is 11.4 Å². The number of carbonyl (C=O) groups excluding carboxylic acids is 1. The Balaban J connectivity index is 1.44. The van der Waals surface area contributed by atoms with Gasteiger partial charge in [0.05, 0.1) is 12.2 Å². The second-order valence-corrected chi connectivity index (χ2v) is 10.2. The lowest BCUT2D eigenvalue weighted by molar-refractivity contribution is 0.0951. The number of aromatic nitrogens is 1. The van der Waals surface area contributed by atoms with Crippen LogP contribution in [0.15, 0.2) is 65.0 Å². The highest BCUT2D eigenvalue weighted by molar-refractivity contribution is 7.89. The summed E-state index contributed by atoms with van der Waals surface area (Å²) in [5.74, 6) is -0.420. The van der Waals surface area contributed by atoms with Crippen molar-refractivity contribution in [3.63, 3.8) is 0 Å². The van der Waals surface area contributed by atoms with Crippen LogP contribution >= 0.6 is 22.9 Å². The lowest BCUT2D eigenvalue weighted by atomic mass is 10.2. The molecular formula is C21H21ClN4O3S2. The van der Waals surface area contributed by atoms with Gasteiger partial charge in [0.2, 0.25) is 10.0 Å². The Bertz CT molecular complexity index is 1160. The first-order valence-electron chi connectivity index (χ1n) is 9.71. The van der Waals surface area contributed by atoms with Crippen molar-refractivity contribution >= 4 is 44.6 Å². The van der Waals surface area contributed by atoms with Gasteiger partial charge in [-0.1, -0.05) is 23.7 Å². The molecule has 0 spiro atoms. The predicted molar refractivity (Wildman–Crippen MR) is 122 cm³/mol. The third-order valence-electron chi connectivity index (χ3n) is 5.02. The molecule has 3 heterocycles. The van der Waals surface area contributed by atoms with Gasteiger partial charge in [-0.05, 0) is 41.8 Å². The van der Waals surface area contributed by atoms with Crippen LogP contribution in [0, 0.1) is 0 Å². The minimum Gasteiger partial charge on any atom is -0.369 e. The molecule has 1 saturated heterocycles. The van der Waals surface area contributed by atoms with E-state index < -0.39 is 15.9 Å². The van der Waals surface area contributed by atoms with Crippen LogP contribution in [0.25, 0.3) is 0 Å². The Morgan fingerprint density at radius 1 is 1.10 bits per heavy atom. The number of hydrogen-bond acceptors (Lipinski definition) is 6. The summed E-state index contributed by atoms with van der Waals surface area (Å²) in [7, 11) is -3.78. The first-order valence-corrected chi connectivity index (χ1v) is 12.4. The molecule has 162 valence electrons. The molecule has 7 nitrogen and oxygen atoms in total. The number of piperazine rings is 1. The van der Waals surface area contributed by atoms with Crippen molar-refractivity contribution < 1.29 is 13.2 Å². The molecule has 0 radical (unpaired) electrons. The van der Waals surface area contributed by atoms with E-state index >= 15 is 0 Å². The standard InChI is InChI=1S/C21H21ClN4O3S2/c22-16-4-3-6-18(14-16)25-9-11-26(12-10-25)31(28,29)19-7-13-30-20(19)21(27)24-15-17-5-1-2-8-23-17/h1-8,13-14H,9-12,15H2,(H,24,27). The van der Waals surface area contributed by atoms with Crippen molar-refractivity contribution in [1.29, 1.82) is 0 Å². The first-order chi connectivity index (χ1) is 14.9. The minimum absolute atomic E-state index is 0.0484. The van der Waals surface area contributed by atoms with Gasteiger partial charge in [0, 0.05) is 43.1 Å². The molecule has 1 N–H and O–H groups in total. The number of halogens is 1. The average molecular weight is 477 g/mol. The van der Waals surface area contributed by atoms with Gasteiger partial charge in [-0.2, -0.15) is 4.31 Å². The van der Waals surface area contributed by atoms with Gasteiger partial charge in [-0.3, -0.25) is 9.78 Å².